The largest absolute Gasteiger partial charge is 0.497 e. The summed E-state index contributed by atoms with van der Waals surface area (Å²) in [6, 6.07) is 11.5. The molecule has 0 unspecified atom stereocenters. The van der Waals surface area contributed by atoms with Crippen LogP contribution in [0, 0.1) is 0 Å². The van der Waals surface area contributed by atoms with Crippen LogP contribution in [0.25, 0.3) is 0 Å². The first-order valence-electron chi connectivity index (χ1n) is 8.79. The number of hydrogen-bond donors (Lipinski definition) is 0. The van der Waals surface area contributed by atoms with Gasteiger partial charge in [0.2, 0.25) is 10.0 Å². The normalized spacial score (nSPS) is 15.4. The molecular formula is C19H20F2N2O5S. The van der Waals surface area contributed by atoms with Crippen molar-refractivity contribution in [3.8, 4) is 11.5 Å². The molecule has 0 saturated carbocycles. The van der Waals surface area contributed by atoms with Crippen molar-refractivity contribution in [2.24, 2.45) is 0 Å². The molecule has 1 aliphatic heterocycles. The average molecular weight is 426 g/mol. The first kappa shape index (κ1) is 21.0. The molecule has 1 fully saturated rings. The third-order valence-corrected chi connectivity index (χ3v) is 6.46. The van der Waals surface area contributed by atoms with E-state index in [-0.39, 0.29) is 42.7 Å². The molecule has 0 spiro atoms. The fourth-order valence-electron chi connectivity index (χ4n) is 2.99. The van der Waals surface area contributed by atoms with E-state index in [2.05, 4.69) is 4.74 Å². The Hall–Kier alpha value is -2.72. The SMILES string of the molecule is COc1ccc(S(=O)(=O)N2CCN(C(=O)c3ccc(OC(F)F)cc3)CC2)cc1. The molecule has 1 aliphatic rings. The summed E-state index contributed by atoms with van der Waals surface area (Å²) in [6.45, 7) is -2.16. The Morgan fingerprint density at radius 3 is 2.00 bits per heavy atom. The summed E-state index contributed by atoms with van der Waals surface area (Å²) in [5.74, 6) is 0.228. The van der Waals surface area contributed by atoms with Gasteiger partial charge in [0.25, 0.3) is 5.91 Å². The number of carbonyl (C=O) groups excluding carboxylic acids is 1. The van der Waals surface area contributed by atoms with E-state index in [1.165, 1.54) is 52.7 Å². The summed E-state index contributed by atoms with van der Waals surface area (Å²) in [6.07, 6.45) is 0. The second-order valence-corrected chi connectivity index (χ2v) is 8.21. The summed E-state index contributed by atoms with van der Waals surface area (Å²) >= 11 is 0. The molecule has 0 atom stereocenters. The number of benzene rings is 2. The first-order chi connectivity index (χ1) is 13.8. The van der Waals surface area contributed by atoms with Crippen LogP contribution in [0.2, 0.25) is 0 Å². The third-order valence-electron chi connectivity index (χ3n) is 4.55. The van der Waals surface area contributed by atoms with Gasteiger partial charge in [-0.2, -0.15) is 13.1 Å². The summed E-state index contributed by atoms with van der Waals surface area (Å²) in [7, 11) is -2.17. The van der Waals surface area contributed by atoms with Gasteiger partial charge < -0.3 is 14.4 Å². The molecule has 0 aromatic heterocycles. The van der Waals surface area contributed by atoms with E-state index in [0.29, 0.717) is 11.3 Å². The van der Waals surface area contributed by atoms with Crippen molar-refractivity contribution in [3.63, 3.8) is 0 Å². The van der Waals surface area contributed by atoms with Crippen LogP contribution in [0.5, 0.6) is 11.5 Å². The van der Waals surface area contributed by atoms with Gasteiger partial charge in [0, 0.05) is 31.7 Å². The van der Waals surface area contributed by atoms with Crippen molar-refractivity contribution in [3.05, 3.63) is 54.1 Å². The molecule has 2 aromatic carbocycles. The van der Waals surface area contributed by atoms with Crippen LogP contribution in [0.15, 0.2) is 53.4 Å². The van der Waals surface area contributed by atoms with Gasteiger partial charge in [0.1, 0.15) is 11.5 Å². The van der Waals surface area contributed by atoms with E-state index in [1.807, 2.05) is 0 Å². The van der Waals surface area contributed by atoms with E-state index in [0.717, 1.165) is 0 Å². The minimum atomic E-state index is -3.67. The highest BCUT2D eigenvalue weighted by molar-refractivity contribution is 7.89. The summed E-state index contributed by atoms with van der Waals surface area (Å²) in [4.78, 5) is 14.3. The molecule has 0 aliphatic carbocycles. The first-order valence-corrected chi connectivity index (χ1v) is 10.2. The number of carbonyl (C=O) groups is 1. The van der Waals surface area contributed by atoms with E-state index in [1.54, 1.807) is 12.1 Å². The van der Waals surface area contributed by atoms with Gasteiger partial charge in [-0.1, -0.05) is 0 Å². The van der Waals surface area contributed by atoms with Crippen molar-refractivity contribution in [2.45, 2.75) is 11.5 Å². The number of sulfonamides is 1. The molecule has 1 amide bonds. The molecule has 2 aromatic rings. The number of nitrogens with zero attached hydrogens (tertiary/aromatic N) is 2. The van der Waals surface area contributed by atoms with Crippen LogP contribution in [-0.4, -0.2) is 63.4 Å². The van der Waals surface area contributed by atoms with Gasteiger partial charge in [-0.3, -0.25) is 4.79 Å². The Labute approximate surface area is 167 Å². The van der Waals surface area contributed by atoms with Gasteiger partial charge in [-0.05, 0) is 48.5 Å². The molecule has 1 saturated heterocycles. The lowest BCUT2D eigenvalue weighted by atomic mass is 10.2. The standard InChI is InChI=1S/C19H20F2N2O5S/c1-27-15-6-8-17(9-7-15)29(25,26)23-12-10-22(11-13-23)18(24)14-2-4-16(5-3-14)28-19(20)21/h2-9,19H,10-13H2,1H3. The lowest BCUT2D eigenvalue weighted by Crippen LogP contribution is -2.50. The highest BCUT2D eigenvalue weighted by Gasteiger charge is 2.30. The van der Waals surface area contributed by atoms with Crippen LogP contribution in [0.3, 0.4) is 0 Å². The topological polar surface area (TPSA) is 76.2 Å². The zero-order chi connectivity index (χ0) is 21.0. The van der Waals surface area contributed by atoms with Crippen LogP contribution in [0.4, 0.5) is 8.78 Å². The van der Waals surface area contributed by atoms with Gasteiger partial charge in [-0.15, -0.1) is 0 Å². The minimum absolute atomic E-state index is 0.0352. The maximum absolute atomic E-state index is 12.8. The number of amides is 1. The Bertz CT molecular complexity index is 942. The van der Waals surface area contributed by atoms with E-state index < -0.39 is 16.6 Å². The number of piperazine rings is 1. The van der Waals surface area contributed by atoms with Crippen molar-refractivity contribution in [2.75, 3.05) is 33.3 Å². The van der Waals surface area contributed by atoms with Crippen LogP contribution in [-0.2, 0) is 10.0 Å². The van der Waals surface area contributed by atoms with Gasteiger partial charge in [-0.25, -0.2) is 8.42 Å². The number of rotatable bonds is 6. The summed E-state index contributed by atoms with van der Waals surface area (Å²) < 4.78 is 60.6. The quantitative estimate of drug-likeness (QED) is 0.709. The molecule has 0 bridgehead atoms. The van der Waals surface area contributed by atoms with Crippen molar-refractivity contribution >= 4 is 15.9 Å². The van der Waals surface area contributed by atoms with Crippen molar-refractivity contribution < 1.29 is 31.5 Å². The Morgan fingerprint density at radius 1 is 0.931 bits per heavy atom. The zero-order valence-electron chi connectivity index (χ0n) is 15.6. The van der Waals surface area contributed by atoms with Crippen LogP contribution >= 0.6 is 0 Å². The van der Waals surface area contributed by atoms with Crippen molar-refractivity contribution in [1.82, 2.24) is 9.21 Å². The maximum Gasteiger partial charge on any atom is 0.387 e. The Balaban J connectivity index is 1.62. The van der Waals surface area contributed by atoms with Gasteiger partial charge in [0.15, 0.2) is 0 Å². The molecule has 10 heteroatoms. The lowest BCUT2D eigenvalue weighted by molar-refractivity contribution is -0.0498. The smallest absolute Gasteiger partial charge is 0.387 e. The van der Waals surface area contributed by atoms with Crippen molar-refractivity contribution in [1.29, 1.82) is 0 Å². The highest BCUT2D eigenvalue weighted by Crippen LogP contribution is 2.22. The predicted octanol–water partition coefficient (Wildman–Crippen LogP) is 2.44. The fourth-order valence-corrected chi connectivity index (χ4v) is 4.41. The molecule has 7 nitrogen and oxygen atoms in total. The molecular weight excluding hydrogens is 406 g/mol. The predicted molar refractivity (Wildman–Crippen MR) is 101 cm³/mol. The number of ether oxygens (including phenoxy) is 2. The zero-order valence-corrected chi connectivity index (χ0v) is 16.4. The fraction of sp³-hybridized carbons (Fsp3) is 0.316. The second-order valence-electron chi connectivity index (χ2n) is 6.27. The molecule has 1 heterocycles. The molecule has 0 radical (unpaired) electrons. The van der Waals surface area contributed by atoms with E-state index in [9.17, 15) is 22.0 Å². The third kappa shape index (κ3) is 4.83. The number of methoxy groups -OCH3 is 1. The highest BCUT2D eigenvalue weighted by atomic mass is 32.2. The Morgan fingerprint density at radius 2 is 1.48 bits per heavy atom. The lowest BCUT2D eigenvalue weighted by Gasteiger charge is -2.34. The molecule has 0 N–H and O–H groups in total. The van der Waals surface area contributed by atoms with E-state index in [4.69, 9.17) is 4.74 Å². The number of halogens is 2. The van der Waals surface area contributed by atoms with Gasteiger partial charge >= 0.3 is 6.61 Å². The monoisotopic (exact) mass is 426 g/mol. The maximum atomic E-state index is 12.8. The number of hydrogen-bond acceptors (Lipinski definition) is 5. The molecule has 29 heavy (non-hydrogen) atoms. The van der Waals surface area contributed by atoms with Gasteiger partial charge in [0.05, 0.1) is 12.0 Å². The Kier molecular flexibility index (Phi) is 6.33. The molecule has 156 valence electrons. The van der Waals surface area contributed by atoms with Crippen LogP contribution in [0.1, 0.15) is 10.4 Å². The minimum Gasteiger partial charge on any atom is -0.497 e. The molecule has 3 rings (SSSR count). The number of alkyl halides is 2. The summed E-state index contributed by atoms with van der Waals surface area (Å²) in [5.41, 5.74) is 0.318. The second kappa shape index (κ2) is 8.75. The van der Waals surface area contributed by atoms with E-state index >= 15 is 0 Å². The van der Waals surface area contributed by atoms with Crippen LogP contribution < -0.4 is 9.47 Å². The summed E-state index contributed by atoms with van der Waals surface area (Å²) in [5, 5.41) is 0. The average Bonchev–Trinajstić information content (AvgIpc) is 2.73.